The standard InChI is InChI=1S/C10H21NO/c1-5-10(6-2)7-11-9(3,4)12-8-10/h11H,5-8H2,1-4H3. The molecule has 0 bridgehead atoms. The van der Waals surface area contributed by atoms with Crippen LogP contribution in [0.5, 0.6) is 0 Å². The summed E-state index contributed by atoms with van der Waals surface area (Å²) >= 11 is 0. The lowest BCUT2D eigenvalue weighted by molar-refractivity contribution is -0.126. The summed E-state index contributed by atoms with van der Waals surface area (Å²) in [5.74, 6) is 0. The maximum absolute atomic E-state index is 5.75. The van der Waals surface area contributed by atoms with Gasteiger partial charge in [0.05, 0.1) is 6.61 Å². The van der Waals surface area contributed by atoms with E-state index in [1.165, 1.54) is 12.8 Å². The van der Waals surface area contributed by atoms with E-state index in [2.05, 4.69) is 33.0 Å². The molecule has 0 spiro atoms. The van der Waals surface area contributed by atoms with Crippen molar-refractivity contribution < 1.29 is 4.74 Å². The first-order valence-electron chi connectivity index (χ1n) is 4.92. The Balaban J connectivity index is 2.53. The number of rotatable bonds is 2. The predicted molar refractivity (Wildman–Crippen MR) is 51.0 cm³/mol. The van der Waals surface area contributed by atoms with Gasteiger partial charge in [0.25, 0.3) is 0 Å². The first-order chi connectivity index (χ1) is 5.54. The van der Waals surface area contributed by atoms with Gasteiger partial charge in [0.15, 0.2) is 0 Å². The highest BCUT2D eigenvalue weighted by Gasteiger charge is 2.35. The first-order valence-corrected chi connectivity index (χ1v) is 4.92. The molecule has 0 radical (unpaired) electrons. The smallest absolute Gasteiger partial charge is 0.113 e. The van der Waals surface area contributed by atoms with Gasteiger partial charge in [-0.1, -0.05) is 13.8 Å². The van der Waals surface area contributed by atoms with Crippen molar-refractivity contribution in [1.82, 2.24) is 5.32 Å². The number of hydrogen-bond acceptors (Lipinski definition) is 2. The fourth-order valence-electron chi connectivity index (χ4n) is 1.54. The van der Waals surface area contributed by atoms with Gasteiger partial charge in [0.1, 0.15) is 5.72 Å². The molecule has 1 heterocycles. The van der Waals surface area contributed by atoms with Gasteiger partial charge in [-0.2, -0.15) is 0 Å². The predicted octanol–water partition coefficient (Wildman–Crippen LogP) is 2.15. The third kappa shape index (κ3) is 1.99. The molecule has 1 saturated heterocycles. The maximum atomic E-state index is 5.75. The fraction of sp³-hybridized carbons (Fsp3) is 1.00. The normalized spacial score (nSPS) is 27.0. The third-order valence-electron chi connectivity index (χ3n) is 3.13. The average Bonchev–Trinajstić information content (AvgIpc) is 2.06. The van der Waals surface area contributed by atoms with E-state index >= 15 is 0 Å². The zero-order valence-electron chi connectivity index (χ0n) is 8.74. The van der Waals surface area contributed by atoms with Crippen LogP contribution in [0.2, 0.25) is 0 Å². The molecule has 12 heavy (non-hydrogen) atoms. The van der Waals surface area contributed by atoms with E-state index in [9.17, 15) is 0 Å². The molecule has 0 aromatic rings. The van der Waals surface area contributed by atoms with Crippen LogP contribution in [0.25, 0.3) is 0 Å². The molecule has 72 valence electrons. The van der Waals surface area contributed by atoms with Crippen molar-refractivity contribution in [1.29, 1.82) is 0 Å². The minimum Gasteiger partial charge on any atom is -0.361 e. The minimum absolute atomic E-state index is 0.117. The molecule has 1 aliphatic heterocycles. The molecule has 0 aromatic carbocycles. The Morgan fingerprint density at radius 2 is 1.83 bits per heavy atom. The lowest BCUT2D eigenvalue weighted by Crippen LogP contribution is -2.55. The van der Waals surface area contributed by atoms with E-state index in [4.69, 9.17) is 4.74 Å². The van der Waals surface area contributed by atoms with E-state index in [-0.39, 0.29) is 5.72 Å². The van der Waals surface area contributed by atoms with Gasteiger partial charge in [0, 0.05) is 12.0 Å². The second kappa shape index (κ2) is 3.35. The molecule has 0 aromatic heterocycles. The summed E-state index contributed by atoms with van der Waals surface area (Å²) in [7, 11) is 0. The van der Waals surface area contributed by atoms with E-state index in [1.54, 1.807) is 0 Å². The molecule has 1 N–H and O–H groups in total. The van der Waals surface area contributed by atoms with Crippen LogP contribution in [-0.4, -0.2) is 18.9 Å². The van der Waals surface area contributed by atoms with Crippen LogP contribution in [-0.2, 0) is 4.74 Å². The van der Waals surface area contributed by atoms with Gasteiger partial charge in [-0.15, -0.1) is 0 Å². The SMILES string of the molecule is CCC1(CC)CNC(C)(C)OC1. The molecule has 0 amide bonds. The summed E-state index contributed by atoms with van der Waals surface area (Å²) < 4.78 is 5.75. The highest BCUT2D eigenvalue weighted by atomic mass is 16.5. The Hall–Kier alpha value is -0.0800. The topological polar surface area (TPSA) is 21.3 Å². The number of hydrogen-bond donors (Lipinski definition) is 1. The second-order valence-electron chi connectivity index (χ2n) is 4.36. The summed E-state index contributed by atoms with van der Waals surface area (Å²) in [5.41, 5.74) is 0.267. The molecule has 1 fully saturated rings. The lowest BCUT2D eigenvalue weighted by atomic mass is 9.81. The van der Waals surface area contributed by atoms with Crippen molar-refractivity contribution in [2.24, 2.45) is 5.41 Å². The van der Waals surface area contributed by atoms with Crippen LogP contribution in [0.1, 0.15) is 40.5 Å². The zero-order valence-corrected chi connectivity index (χ0v) is 8.74. The molecule has 1 aliphatic rings. The Bertz CT molecular complexity index is 138. The van der Waals surface area contributed by atoms with Crippen molar-refractivity contribution in [2.75, 3.05) is 13.2 Å². The van der Waals surface area contributed by atoms with Crippen LogP contribution in [0.3, 0.4) is 0 Å². The molecule has 0 unspecified atom stereocenters. The fourth-order valence-corrected chi connectivity index (χ4v) is 1.54. The quantitative estimate of drug-likeness (QED) is 0.687. The van der Waals surface area contributed by atoms with Crippen molar-refractivity contribution >= 4 is 0 Å². The summed E-state index contributed by atoms with van der Waals surface area (Å²) in [5, 5.41) is 3.43. The Morgan fingerprint density at radius 3 is 2.17 bits per heavy atom. The van der Waals surface area contributed by atoms with Crippen molar-refractivity contribution in [3.8, 4) is 0 Å². The number of nitrogens with one attached hydrogen (secondary N) is 1. The van der Waals surface area contributed by atoms with E-state index in [1.807, 2.05) is 0 Å². The van der Waals surface area contributed by atoms with Crippen LogP contribution >= 0.6 is 0 Å². The Kier molecular flexibility index (Phi) is 2.79. The molecule has 2 heteroatoms. The van der Waals surface area contributed by atoms with Crippen LogP contribution in [0.15, 0.2) is 0 Å². The molecular formula is C10H21NO. The summed E-state index contributed by atoms with van der Waals surface area (Å²) in [4.78, 5) is 0. The maximum Gasteiger partial charge on any atom is 0.113 e. The van der Waals surface area contributed by atoms with Gasteiger partial charge < -0.3 is 4.74 Å². The van der Waals surface area contributed by atoms with Crippen molar-refractivity contribution in [3.63, 3.8) is 0 Å². The van der Waals surface area contributed by atoms with Gasteiger partial charge in [0.2, 0.25) is 0 Å². The van der Waals surface area contributed by atoms with Gasteiger partial charge >= 0.3 is 0 Å². The van der Waals surface area contributed by atoms with Crippen LogP contribution in [0, 0.1) is 5.41 Å². The molecule has 0 aliphatic carbocycles. The largest absolute Gasteiger partial charge is 0.361 e. The molecule has 0 saturated carbocycles. The van der Waals surface area contributed by atoms with Crippen LogP contribution in [0.4, 0.5) is 0 Å². The van der Waals surface area contributed by atoms with Gasteiger partial charge in [-0.05, 0) is 26.7 Å². The van der Waals surface area contributed by atoms with Crippen molar-refractivity contribution in [3.05, 3.63) is 0 Å². The molecular weight excluding hydrogens is 150 g/mol. The van der Waals surface area contributed by atoms with Crippen LogP contribution < -0.4 is 5.32 Å². The summed E-state index contributed by atoms with van der Waals surface area (Å²) in [6, 6.07) is 0. The Morgan fingerprint density at radius 1 is 1.25 bits per heavy atom. The van der Waals surface area contributed by atoms with E-state index in [0.717, 1.165) is 13.2 Å². The summed E-state index contributed by atoms with van der Waals surface area (Å²) in [6.07, 6.45) is 2.40. The second-order valence-corrected chi connectivity index (χ2v) is 4.36. The Labute approximate surface area is 75.7 Å². The minimum atomic E-state index is -0.117. The zero-order chi connectivity index (χ0) is 9.24. The van der Waals surface area contributed by atoms with Crippen molar-refractivity contribution in [2.45, 2.75) is 46.3 Å². The third-order valence-corrected chi connectivity index (χ3v) is 3.13. The monoisotopic (exact) mass is 171 g/mol. The molecule has 1 rings (SSSR count). The molecule has 0 atom stereocenters. The highest BCUT2D eigenvalue weighted by molar-refractivity contribution is 4.86. The van der Waals surface area contributed by atoms with E-state index in [0.29, 0.717) is 5.41 Å². The van der Waals surface area contributed by atoms with Gasteiger partial charge in [-0.3, -0.25) is 5.32 Å². The lowest BCUT2D eigenvalue weighted by Gasteiger charge is -2.43. The van der Waals surface area contributed by atoms with E-state index < -0.39 is 0 Å². The highest BCUT2D eigenvalue weighted by Crippen LogP contribution is 2.31. The average molecular weight is 171 g/mol. The summed E-state index contributed by atoms with van der Waals surface area (Å²) in [6.45, 7) is 10.6. The first kappa shape index (κ1) is 10.0. The number of ether oxygens (including phenoxy) is 1. The molecule has 2 nitrogen and oxygen atoms in total. The van der Waals surface area contributed by atoms with Gasteiger partial charge in [-0.25, -0.2) is 0 Å².